The van der Waals surface area contributed by atoms with Crippen molar-refractivity contribution in [3.05, 3.63) is 27.2 Å². The molecule has 0 amide bonds. The molecular formula is C11H12Cl3NO3S. The fraction of sp³-hybridized carbons (Fsp3) is 0.455. The maximum Gasteiger partial charge on any atom is 0.243 e. The van der Waals surface area contributed by atoms with E-state index in [1.807, 2.05) is 0 Å². The molecule has 1 aromatic carbocycles. The van der Waals surface area contributed by atoms with Crippen LogP contribution in [0.15, 0.2) is 17.0 Å². The van der Waals surface area contributed by atoms with E-state index < -0.39 is 10.0 Å². The number of ether oxygens (including phenoxy) is 1. The lowest BCUT2D eigenvalue weighted by atomic mass is 10.1. The first-order valence-corrected chi connectivity index (χ1v) is 8.26. The smallest absolute Gasteiger partial charge is 0.243 e. The van der Waals surface area contributed by atoms with Crippen LogP contribution >= 0.6 is 34.8 Å². The summed E-state index contributed by atoms with van der Waals surface area (Å²) in [6.45, 7) is 1.00. The second-order valence-electron chi connectivity index (χ2n) is 4.23. The molecule has 0 radical (unpaired) electrons. The molecule has 0 spiro atoms. The second-order valence-corrected chi connectivity index (χ2v) is 7.14. The summed E-state index contributed by atoms with van der Waals surface area (Å²) in [6.07, 6.45) is 1.54. The summed E-state index contributed by atoms with van der Waals surface area (Å²) in [6, 6.07) is 2.43. The fourth-order valence-electron chi connectivity index (χ4n) is 1.90. The standard InChI is InChI=1S/C11H12Cl3NO3S/c12-7-4-9(13)11(10(14)5-7)19(16,17)15-8-2-1-3-18-6-8/h4-5,8,15H,1-3,6H2. The van der Waals surface area contributed by atoms with E-state index in [1.165, 1.54) is 12.1 Å². The Morgan fingerprint density at radius 1 is 1.21 bits per heavy atom. The van der Waals surface area contributed by atoms with E-state index in [0.29, 0.717) is 13.2 Å². The van der Waals surface area contributed by atoms with Crippen LogP contribution in [0.4, 0.5) is 0 Å². The molecule has 1 N–H and O–H groups in total. The summed E-state index contributed by atoms with van der Waals surface area (Å²) in [4.78, 5) is -0.147. The van der Waals surface area contributed by atoms with E-state index in [2.05, 4.69) is 4.72 Å². The molecule has 0 aliphatic carbocycles. The van der Waals surface area contributed by atoms with Crippen molar-refractivity contribution in [3.8, 4) is 0 Å². The largest absolute Gasteiger partial charge is 0.380 e. The van der Waals surface area contributed by atoms with Crippen LogP contribution in [0.3, 0.4) is 0 Å². The van der Waals surface area contributed by atoms with Crippen LogP contribution < -0.4 is 4.72 Å². The van der Waals surface area contributed by atoms with Gasteiger partial charge in [-0.2, -0.15) is 0 Å². The molecule has 2 rings (SSSR count). The van der Waals surface area contributed by atoms with Gasteiger partial charge in [-0.1, -0.05) is 34.8 Å². The third kappa shape index (κ3) is 3.74. The number of hydrogen-bond acceptors (Lipinski definition) is 3. The van der Waals surface area contributed by atoms with Crippen LogP contribution in [0.25, 0.3) is 0 Å². The molecule has 1 saturated heterocycles. The SMILES string of the molecule is O=S(=O)(NC1CCCOC1)c1c(Cl)cc(Cl)cc1Cl. The molecule has 0 bridgehead atoms. The highest BCUT2D eigenvalue weighted by Crippen LogP contribution is 2.32. The first-order valence-electron chi connectivity index (χ1n) is 5.65. The highest BCUT2D eigenvalue weighted by Gasteiger charge is 2.26. The van der Waals surface area contributed by atoms with E-state index in [1.54, 1.807) is 0 Å². The average molecular weight is 345 g/mol. The van der Waals surface area contributed by atoms with Crippen molar-refractivity contribution in [1.29, 1.82) is 0 Å². The average Bonchev–Trinajstić information content (AvgIpc) is 2.27. The zero-order valence-corrected chi connectivity index (χ0v) is 12.9. The van der Waals surface area contributed by atoms with E-state index in [0.717, 1.165) is 12.8 Å². The Morgan fingerprint density at radius 3 is 2.37 bits per heavy atom. The molecule has 19 heavy (non-hydrogen) atoms. The molecule has 1 atom stereocenters. The van der Waals surface area contributed by atoms with Gasteiger partial charge < -0.3 is 4.74 Å². The zero-order valence-electron chi connectivity index (χ0n) is 9.83. The van der Waals surface area contributed by atoms with Gasteiger partial charge in [0.15, 0.2) is 0 Å². The summed E-state index contributed by atoms with van der Waals surface area (Å²) in [5.74, 6) is 0. The van der Waals surface area contributed by atoms with Crippen molar-refractivity contribution >= 4 is 44.8 Å². The van der Waals surface area contributed by atoms with Gasteiger partial charge in [0.2, 0.25) is 10.0 Å². The Morgan fingerprint density at radius 2 is 1.84 bits per heavy atom. The normalized spacial score (nSPS) is 20.5. The van der Waals surface area contributed by atoms with Crippen LogP contribution in [-0.4, -0.2) is 27.7 Å². The van der Waals surface area contributed by atoms with E-state index in [9.17, 15) is 8.42 Å². The predicted molar refractivity (Wildman–Crippen MR) is 75.6 cm³/mol. The van der Waals surface area contributed by atoms with Crippen LogP contribution in [0.1, 0.15) is 12.8 Å². The molecule has 1 aliphatic heterocycles. The van der Waals surface area contributed by atoms with E-state index >= 15 is 0 Å². The number of halogens is 3. The lowest BCUT2D eigenvalue weighted by Crippen LogP contribution is -2.40. The number of nitrogens with one attached hydrogen (secondary N) is 1. The molecule has 8 heteroatoms. The first-order chi connectivity index (χ1) is 8.90. The quantitative estimate of drug-likeness (QED) is 0.916. The fourth-order valence-corrected chi connectivity index (χ4v) is 4.70. The Kier molecular flexibility index (Phi) is 4.98. The topological polar surface area (TPSA) is 55.4 Å². The maximum absolute atomic E-state index is 12.3. The Balaban J connectivity index is 2.29. The monoisotopic (exact) mass is 343 g/mol. The zero-order chi connectivity index (χ0) is 14.0. The molecule has 106 valence electrons. The summed E-state index contributed by atoms with van der Waals surface area (Å²) in [5.41, 5.74) is 0. The van der Waals surface area contributed by atoms with Gasteiger partial charge >= 0.3 is 0 Å². The van der Waals surface area contributed by atoms with Gasteiger partial charge in [0, 0.05) is 17.7 Å². The highest BCUT2D eigenvalue weighted by molar-refractivity contribution is 7.89. The lowest BCUT2D eigenvalue weighted by molar-refractivity contribution is 0.0774. The van der Waals surface area contributed by atoms with E-state index in [-0.39, 0.29) is 26.0 Å². The van der Waals surface area contributed by atoms with E-state index in [4.69, 9.17) is 39.5 Å². The van der Waals surface area contributed by atoms with Crippen LogP contribution in [0, 0.1) is 0 Å². The number of rotatable bonds is 3. The van der Waals surface area contributed by atoms with Gasteiger partial charge in [-0.05, 0) is 25.0 Å². The van der Waals surface area contributed by atoms with Crippen molar-refractivity contribution in [2.75, 3.05) is 13.2 Å². The van der Waals surface area contributed by atoms with Crippen molar-refractivity contribution < 1.29 is 13.2 Å². The minimum absolute atomic E-state index is 0.00160. The Bertz CT molecular complexity index is 548. The van der Waals surface area contributed by atoms with Crippen LogP contribution in [-0.2, 0) is 14.8 Å². The van der Waals surface area contributed by atoms with Gasteiger partial charge in [0.05, 0.1) is 16.7 Å². The molecule has 1 heterocycles. The molecule has 1 unspecified atom stereocenters. The summed E-state index contributed by atoms with van der Waals surface area (Å²) in [5, 5.41) is 0.290. The molecular weight excluding hydrogens is 333 g/mol. The second kappa shape index (κ2) is 6.16. The van der Waals surface area contributed by atoms with Crippen LogP contribution in [0.2, 0.25) is 15.1 Å². The third-order valence-corrected chi connectivity index (χ3v) is 5.37. The van der Waals surface area contributed by atoms with Crippen molar-refractivity contribution in [1.82, 2.24) is 4.72 Å². The Labute approximate surface area is 127 Å². The minimum atomic E-state index is -3.79. The van der Waals surface area contributed by atoms with Gasteiger partial charge in [0.1, 0.15) is 4.90 Å². The maximum atomic E-state index is 12.3. The summed E-state index contributed by atoms with van der Waals surface area (Å²) >= 11 is 17.6. The molecule has 1 aromatic rings. The van der Waals surface area contributed by atoms with Gasteiger partial charge in [-0.25, -0.2) is 13.1 Å². The highest BCUT2D eigenvalue weighted by atomic mass is 35.5. The molecule has 4 nitrogen and oxygen atoms in total. The molecule has 1 aliphatic rings. The summed E-state index contributed by atoms with van der Waals surface area (Å²) in [7, 11) is -3.79. The van der Waals surface area contributed by atoms with Crippen molar-refractivity contribution in [2.24, 2.45) is 0 Å². The van der Waals surface area contributed by atoms with Crippen LogP contribution in [0.5, 0.6) is 0 Å². The predicted octanol–water partition coefficient (Wildman–Crippen LogP) is 3.10. The van der Waals surface area contributed by atoms with Gasteiger partial charge in [-0.3, -0.25) is 0 Å². The van der Waals surface area contributed by atoms with Gasteiger partial charge in [-0.15, -0.1) is 0 Å². The first kappa shape index (κ1) is 15.4. The Hall–Kier alpha value is -0.0400. The van der Waals surface area contributed by atoms with Crippen molar-refractivity contribution in [3.63, 3.8) is 0 Å². The molecule has 0 saturated carbocycles. The number of hydrogen-bond donors (Lipinski definition) is 1. The third-order valence-electron chi connectivity index (χ3n) is 2.71. The van der Waals surface area contributed by atoms with Gasteiger partial charge in [0.25, 0.3) is 0 Å². The van der Waals surface area contributed by atoms with Crippen molar-refractivity contribution in [2.45, 2.75) is 23.8 Å². The molecule has 0 aromatic heterocycles. The number of sulfonamides is 1. The summed E-state index contributed by atoms with van der Waals surface area (Å²) < 4.78 is 32.3. The number of benzene rings is 1. The lowest BCUT2D eigenvalue weighted by Gasteiger charge is -2.23. The molecule has 1 fully saturated rings. The minimum Gasteiger partial charge on any atom is -0.380 e.